The monoisotopic (exact) mass is 687 g/mol. The number of benzene rings is 1. The first-order valence-electron chi connectivity index (χ1n) is 17.4. The van der Waals surface area contributed by atoms with Crippen molar-refractivity contribution in [2.24, 2.45) is 11.8 Å². The van der Waals surface area contributed by atoms with Gasteiger partial charge in [0.2, 0.25) is 23.6 Å². The number of nitrogens with one attached hydrogen (secondary N) is 3. The molecule has 276 valence electrons. The zero-order valence-electron chi connectivity index (χ0n) is 31.1. The van der Waals surface area contributed by atoms with E-state index in [4.69, 9.17) is 9.47 Å². The molecule has 49 heavy (non-hydrogen) atoms. The van der Waals surface area contributed by atoms with Gasteiger partial charge in [0.1, 0.15) is 31.3 Å². The minimum absolute atomic E-state index is 0.00963. The van der Waals surface area contributed by atoms with Crippen LogP contribution in [-0.2, 0) is 39.9 Å². The van der Waals surface area contributed by atoms with E-state index in [9.17, 15) is 24.0 Å². The Morgan fingerprint density at radius 1 is 0.878 bits per heavy atom. The fourth-order valence-corrected chi connectivity index (χ4v) is 5.27. The van der Waals surface area contributed by atoms with Crippen molar-refractivity contribution in [3.05, 3.63) is 48.6 Å². The maximum atomic E-state index is 14.1. The Kier molecular flexibility index (Phi) is 20.1. The molecule has 0 aromatic heterocycles. The molecule has 12 heteroatoms. The molecule has 0 aliphatic carbocycles. The van der Waals surface area contributed by atoms with Gasteiger partial charge >= 0.3 is 5.97 Å². The van der Waals surface area contributed by atoms with Crippen molar-refractivity contribution < 1.29 is 33.4 Å². The summed E-state index contributed by atoms with van der Waals surface area (Å²) in [5.41, 5.74) is 0.978. The SMILES string of the molecule is C=CCOC(=O)CN(C)C(=O)[C@@H](NC(=O)[C@H](CC(C)C)N(C)C(=O)[C@H](CC(C)C)NC(=O)[C@H](Cc1ccccc1)NC)[C@@H](C)OCCCC. The van der Waals surface area contributed by atoms with Gasteiger partial charge in [-0.25, -0.2) is 0 Å². The predicted octanol–water partition coefficient (Wildman–Crippen LogP) is 3.10. The Hall–Kier alpha value is -3.77. The number of esters is 1. The number of amides is 4. The molecule has 1 rings (SSSR count). The maximum absolute atomic E-state index is 14.1. The van der Waals surface area contributed by atoms with Gasteiger partial charge in [0.15, 0.2) is 0 Å². The number of carbonyl (C=O) groups is 5. The number of hydrogen-bond donors (Lipinski definition) is 3. The van der Waals surface area contributed by atoms with Crippen molar-refractivity contribution >= 4 is 29.6 Å². The molecule has 0 spiro atoms. The summed E-state index contributed by atoms with van der Waals surface area (Å²) in [4.78, 5) is 70.1. The molecule has 0 aliphatic heterocycles. The van der Waals surface area contributed by atoms with E-state index in [1.165, 1.54) is 22.9 Å². The number of likely N-dealkylation sites (N-methyl/N-ethyl adjacent to an activating group) is 3. The van der Waals surface area contributed by atoms with Gasteiger partial charge in [0.05, 0.1) is 12.1 Å². The smallest absolute Gasteiger partial charge is 0.325 e. The summed E-state index contributed by atoms with van der Waals surface area (Å²) in [5, 5.41) is 8.84. The Morgan fingerprint density at radius 2 is 1.51 bits per heavy atom. The van der Waals surface area contributed by atoms with E-state index in [2.05, 4.69) is 22.5 Å². The number of rotatable bonds is 23. The van der Waals surface area contributed by atoms with E-state index < -0.39 is 54.0 Å². The lowest BCUT2D eigenvalue weighted by Crippen LogP contribution is -2.60. The summed E-state index contributed by atoms with van der Waals surface area (Å²) < 4.78 is 11.0. The first kappa shape index (κ1) is 43.3. The number of ether oxygens (including phenoxy) is 2. The molecule has 5 atom stereocenters. The van der Waals surface area contributed by atoms with E-state index in [1.54, 1.807) is 21.0 Å². The summed E-state index contributed by atoms with van der Waals surface area (Å²) >= 11 is 0. The van der Waals surface area contributed by atoms with Crippen molar-refractivity contribution in [2.75, 3.05) is 40.9 Å². The molecule has 0 unspecified atom stereocenters. The lowest BCUT2D eigenvalue weighted by atomic mass is 9.97. The van der Waals surface area contributed by atoms with Crippen LogP contribution in [0, 0.1) is 11.8 Å². The van der Waals surface area contributed by atoms with Crippen LogP contribution < -0.4 is 16.0 Å². The van der Waals surface area contributed by atoms with Crippen molar-refractivity contribution in [1.82, 2.24) is 25.8 Å². The molecule has 0 radical (unpaired) electrons. The summed E-state index contributed by atoms with van der Waals surface area (Å²) in [5.74, 6) is -2.34. The van der Waals surface area contributed by atoms with Crippen molar-refractivity contribution in [3.8, 4) is 0 Å². The fourth-order valence-electron chi connectivity index (χ4n) is 5.27. The second kappa shape index (κ2) is 22.8. The van der Waals surface area contributed by atoms with Crippen LogP contribution in [0.4, 0.5) is 0 Å². The molecule has 0 aliphatic rings. The lowest BCUT2D eigenvalue weighted by Gasteiger charge is -2.35. The van der Waals surface area contributed by atoms with E-state index in [-0.39, 0.29) is 30.9 Å². The van der Waals surface area contributed by atoms with E-state index in [0.717, 1.165) is 18.4 Å². The normalized spacial score (nSPS) is 14.3. The van der Waals surface area contributed by atoms with Gasteiger partial charge in [-0.3, -0.25) is 24.0 Å². The number of unbranched alkanes of at least 4 members (excludes halogenated alkanes) is 1. The minimum atomic E-state index is -1.14. The Morgan fingerprint density at radius 3 is 2.06 bits per heavy atom. The number of hydrogen-bond acceptors (Lipinski definition) is 8. The summed E-state index contributed by atoms with van der Waals surface area (Å²) in [6.45, 7) is 15.1. The second-order valence-electron chi connectivity index (χ2n) is 13.4. The number of nitrogens with zero attached hydrogens (tertiary/aromatic N) is 2. The zero-order chi connectivity index (χ0) is 37.1. The predicted molar refractivity (Wildman–Crippen MR) is 191 cm³/mol. The largest absolute Gasteiger partial charge is 0.460 e. The zero-order valence-corrected chi connectivity index (χ0v) is 31.1. The van der Waals surface area contributed by atoms with Crippen LogP contribution in [0.5, 0.6) is 0 Å². The average Bonchev–Trinajstić information content (AvgIpc) is 3.06. The first-order valence-corrected chi connectivity index (χ1v) is 17.4. The Balaban J connectivity index is 3.30. The van der Waals surface area contributed by atoms with E-state index in [0.29, 0.717) is 25.9 Å². The van der Waals surface area contributed by atoms with Crippen molar-refractivity contribution in [1.29, 1.82) is 0 Å². The lowest BCUT2D eigenvalue weighted by molar-refractivity contribution is -0.150. The third kappa shape index (κ3) is 15.5. The van der Waals surface area contributed by atoms with Crippen LogP contribution >= 0.6 is 0 Å². The standard InChI is InChI=1S/C37H61N5O7/c1-11-13-20-48-27(7)33(37(47)41(9)24-32(43)49-19-12-2)40-35(45)31(22-26(5)6)42(10)36(46)30(21-25(3)4)39-34(44)29(38-8)23-28-17-15-14-16-18-28/h12,14-18,25-27,29-31,33,38H,2,11,13,19-24H2,1,3-10H3,(H,39,44)(H,40,45)/t27-,29+,30+,31+,33+/m1/s1. The van der Waals surface area contributed by atoms with Gasteiger partial charge in [-0.2, -0.15) is 0 Å². The van der Waals surface area contributed by atoms with E-state index in [1.807, 2.05) is 65.0 Å². The molecule has 0 bridgehead atoms. The molecule has 12 nitrogen and oxygen atoms in total. The topological polar surface area (TPSA) is 146 Å². The molecular weight excluding hydrogens is 626 g/mol. The molecule has 4 amide bonds. The minimum Gasteiger partial charge on any atom is -0.460 e. The van der Waals surface area contributed by atoms with Gasteiger partial charge < -0.3 is 35.2 Å². The van der Waals surface area contributed by atoms with Crippen molar-refractivity contribution in [2.45, 2.75) is 104 Å². The third-order valence-electron chi connectivity index (χ3n) is 8.10. The summed E-state index contributed by atoms with van der Waals surface area (Å²) in [6, 6.07) is 6.07. The van der Waals surface area contributed by atoms with Gasteiger partial charge in [-0.1, -0.05) is 84.0 Å². The highest BCUT2D eigenvalue weighted by molar-refractivity contribution is 5.95. The maximum Gasteiger partial charge on any atom is 0.325 e. The van der Waals surface area contributed by atoms with Crippen LogP contribution in [0.1, 0.15) is 72.8 Å². The molecule has 1 aromatic carbocycles. The van der Waals surface area contributed by atoms with Crippen molar-refractivity contribution in [3.63, 3.8) is 0 Å². The highest BCUT2D eigenvalue weighted by atomic mass is 16.5. The van der Waals surface area contributed by atoms with Crippen LogP contribution in [0.3, 0.4) is 0 Å². The van der Waals surface area contributed by atoms with Crippen LogP contribution in [0.25, 0.3) is 0 Å². The molecule has 0 heterocycles. The summed E-state index contributed by atoms with van der Waals surface area (Å²) in [7, 11) is 4.70. The van der Waals surface area contributed by atoms with Gasteiger partial charge in [-0.15, -0.1) is 0 Å². The Labute approximate surface area is 293 Å². The quantitative estimate of drug-likeness (QED) is 0.0905. The molecule has 0 saturated heterocycles. The van der Waals surface area contributed by atoms with E-state index >= 15 is 0 Å². The first-order chi connectivity index (χ1) is 23.2. The average molecular weight is 688 g/mol. The van der Waals surface area contributed by atoms with Gasteiger partial charge in [-0.05, 0) is 57.1 Å². The molecule has 1 aromatic rings. The van der Waals surface area contributed by atoms with Gasteiger partial charge in [0.25, 0.3) is 0 Å². The number of carbonyl (C=O) groups excluding carboxylic acids is 5. The third-order valence-corrected chi connectivity index (χ3v) is 8.10. The highest BCUT2D eigenvalue weighted by Gasteiger charge is 2.37. The van der Waals surface area contributed by atoms with Crippen LogP contribution in [0.15, 0.2) is 43.0 Å². The molecule has 0 fully saturated rings. The second-order valence-corrected chi connectivity index (χ2v) is 13.4. The fraction of sp³-hybridized carbons (Fsp3) is 0.649. The Bertz CT molecular complexity index is 1190. The summed E-state index contributed by atoms with van der Waals surface area (Å²) in [6.07, 6.45) is 3.45. The van der Waals surface area contributed by atoms with Crippen LogP contribution in [-0.4, -0.2) is 111 Å². The van der Waals surface area contributed by atoms with Gasteiger partial charge in [0, 0.05) is 20.7 Å². The van der Waals surface area contributed by atoms with Crippen LogP contribution in [0.2, 0.25) is 0 Å². The molecule has 3 N–H and O–H groups in total. The molecular formula is C37H61N5O7. The highest BCUT2D eigenvalue weighted by Crippen LogP contribution is 2.17. The molecule has 0 saturated carbocycles.